The summed E-state index contributed by atoms with van der Waals surface area (Å²) in [4.78, 5) is 18.4. The zero-order valence-corrected chi connectivity index (χ0v) is 10.9. The molecule has 0 aliphatic carbocycles. The molecular weight excluding hydrogens is 288 g/mol. The third-order valence-electron chi connectivity index (χ3n) is 2.05. The Morgan fingerprint density at radius 3 is 2.62 bits per heavy atom. The lowest BCUT2D eigenvalue weighted by Crippen LogP contribution is -2.07. The Morgan fingerprint density at radius 1 is 1.31 bits per heavy atom. The molecule has 5 heteroatoms. The normalized spacial score (nSPS) is 10.4. The van der Waals surface area contributed by atoms with Crippen molar-refractivity contribution in [2.45, 2.75) is 5.16 Å². The van der Waals surface area contributed by atoms with Crippen LogP contribution in [-0.2, 0) is 0 Å². The molecular formula is C11H9BrN2OS. The highest BCUT2D eigenvalue weighted by molar-refractivity contribution is 9.10. The number of nitrogens with one attached hydrogen (secondary N) is 1. The molecule has 2 rings (SSSR count). The van der Waals surface area contributed by atoms with Crippen LogP contribution >= 0.6 is 27.7 Å². The minimum atomic E-state index is -0.128. The molecule has 1 aromatic heterocycles. The second-order valence-corrected chi connectivity index (χ2v) is 4.86. The second-order valence-electron chi connectivity index (χ2n) is 3.15. The van der Waals surface area contributed by atoms with Gasteiger partial charge in [-0.25, -0.2) is 4.98 Å². The lowest BCUT2D eigenvalue weighted by molar-refractivity contribution is 0.945. The Kier molecular flexibility index (Phi) is 3.46. The van der Waals surface area contributed by atoms with Crippen molar-refractivity contribution in [3.8, 4) is 11.3 Å². The Balaban J connectivity index is 2.51. The van der Waals surface area contributed by atoms with Gasteiger partial charge in [0, 0.05) is 16.1 Å². The maximum absolute atomic E-state index is 11.4. The summed E-state index contributed by atoms with van der Waals surface area (Å²) >= 11 is 4.79. The Labute approximate surface area is 105 Å². The lowest BCUT2D eigenvalue weighted by Gasteiger charge is -2.02. The summed E-state index contributed by atoms with van der Waals surface area (Å²) in [7, 11) is 0. The van der Waals surface area contributed by atoms with Gasteiger partial charge in [-0.05, 0) is 18.4 Å². The number of benzene rings is 1. The summed E-state index contributed by atoms with van der Waals surface area (Å²) < 4.78 is 1.01. The van der Waals surface area contributed by atoms with Crippen molar-refractivity contribution < 1.29 is 0 Å². The SMILES string of the molecule is CSc1nc(-c2ccc(Br)cc2)cc(=O)[nH]1. The molecule has 0 saturated carbocycles. The maximum atomic E-state index is 11.4. The number of aromatic nitrogens is 2. The molecule has 1 aromatic carbocycles. The van der Waals surface area contributed by atoms with Gasteiger partial charge in [-0.1, -0.05) is 39.8 Å². The first-order valence-corrected chi connectivity index (χ1v) is 6.62. The van der Waals surface area contributed by atoms with E-state index in [1.54, 1.807) is 0 Å². The Morgan fingerprint density at radius 2 is 2.00 bits per heavy atom. The molecule has 1 heterocycles. The number of thioether (sulfide) groups is 1. The first kappa shape index (κ1) is 11.4. The van der Waals surface area contributed by atoms with Crippen molar-refractivity contribution in [2.75, 3.05) is 6.26 Å². The minimum Gasteiger partial charge on any atom is -0.301 e. The molecule has 0 atom stereocenters. The highest BCUT2D eigenvalue weighted by Crippen LogP contribution is 2.20. The summed E-state index contributed by atoms with van der Waals surface area (Å²) in [6.07, 6.45) is 1.88. The van der Waals surface area contributed by atoms with Gasteiger partial charge in [0.25, 0.3) is 5.56 Å². The third kappa shape index (κ3) is 2.54. The van der Waals surface area contributed by atoms with Crippen LogP contribution in [0.4, 0.5) is 0 Å². The van der Waals surface area contributed by atoms with Crippen LogP contribution in [0.15, 0.2) is 44.8 Å². The molecule has 0 amide bonds. The van der Waals surface area contributed by atoms with Gasteiger partial charge in [-0.15, -0.1) is 0 Å². The van der Waals surface area contributed by atoms with Gasteiger partial charge in [0.2, 0.25) is 0 Å². The van der Waals surface area contributed by atoms with E-state index in [1.165, 1.54) is 17.8 Å². The zero-order valence-electron chi connectivity index (χ0n) is 8.53. The zero-order chi connectivity index (χ0) is 11.5. The van der Waals surface area contributed by atoms with E-state index in [9.17, 15) is 4.79 Å². The smallest absolute Gasteiger partial charge is 0.252 e. The summed E-state index contributed by atoms with van der Waals surface area (Å²) in [5, 5.41) is 0.630. The van der Waals surface area contributed by atoms with Gasteiger partial charge in [0.05, 0.1) is 5.69 Å². The summed E-state index contributed by atoms with van der Waals surface area (Å²) in [5.41, 5.74) is 1.50. The van der Waals surface area contributed by atoms with Crippen LogP contribution < -0.4 is 5.56 Å². The van der Waals surface area contributed by atoms with Crippen LogP contribution in [0.1, 0.15) is 0 Å². The number of rotatable bonds is 2. The summed E-state index contributed by atoms with van der Waals surface area (Å²) in [6.45, 7) is 0. The number of halogens is 1. The fourth-order valence-corrected chi connectivity index (χ4v) is 1.96. The molecule has 16 heavy (non-hydrogen) atoms. The van der Waals surface area contributed by atoms with Gasteiger partial charge in [0.15, 0.2) is 5.16 Å². The molecule has 0 saturated heterocycles. The second kappa shape index (κ2) is 4.84. The molecule has 0 aliphatic heterocycles. The number of nitrogens with zero attached hydrogens (tertiary/aromatic N) is 1. The molecule has 0 fully saturated rings. The number of aromatic amines is 1. The highest BCUT2D eigenvalue weighted by atomic mass is 79.9. The van der Waals surface area contributed by atoms with Crippen LogP contribution in [0.5, 0.6) is 0 Å². The van der Waals surface area contributed by atoms with Crippen LogP contribution in [-0.4, -0.2) is 16.2 Å². The first-order chi connectivity index (χ1) is 7.69. The molecule has 82 valence electrons. The molecule has 1 N–H and O–H groups in total. The van der Waals surface area contributed by atoms with E-state index < -0.39 is 0 Å². The average molecular weight is 297 g/mol. The fraction of sp³-hybridized carbons (Fsp3) is 0.0909. The quantitative estimate of drug-likeness (QED) is 0.685. The van der Waals surface area contributed by atoms with Gasteiger partial charge in [-0.2, -0.15) is 0 Å². The predicted molar refractivity (Wildman–Crippen MR) is 69.8 cm³/mol. The van der Waals surface area contributed by atoms with E-state index in [0.717, 1.165) is 10.0 Å². The van der Waals surface area contributed by atoms with Crippen molar-refractivity contribution in [3.63, 3.8) is 0 Å². The monoisotopic (exact) mass is 296 g/mol. The van der Waals surface area contributed by atoms with Gasteiger partial charge in [0.1, 0.15) is 0 Å². The van der Waals surface area contributed by atoms with Gasteiger partial charge >= 0.3 is 0 Å². The van der Waals surface area contributed by atoms with Crippen molar-refractivity contribution in [2.24, 2.45) is 0 Å². The predicted octanol–water partition coefficient (Wildman–Crippen LogP) is 2.92. The molecule has 0 aliphatic rings. The van der Waals surface area contributed by atoms with E-state index in [0.29, 0.717) is 10.9 Å². The van der Waals surface area contributed by atoms with E-state index >= 15 is 0 Å². The van der Waals surface area contributed by atoms with E-state index in [1.807, 2.05) is 30.5 Å². The van der Waals surface area contributed by atoms with E-state index in [2.05, 4.69) is 25.9 Å². The van der Waals surface area contributed by atoms with Crippen molar-refractivity contribution in [1.82, 2.24) is 9.97 Å². The van der Waals surface area contributed by atoms with Crippen molar-refractivity contribution >= 4 is 27.7 Å². The summed E-state index contributed by atoms with van der Waals surface area (Å²) in [5.74, 6) is 0. The number of H-pyrrole nitrogens is 1. The molecule has 0 unspecified atom stereocenters. The van der Waals surface area contributed by atoms with Crippen molar-refractivity contribution in [1.29, 1.82) is 0 Å². The van der Waals surface area contributed by atoms with Crippen LogP contribution in [0.3, 0.4) is 0 Å². The third-order valence-corrected chi connectivity index (χ3v) is 3.16. The average Bonchev–Trinajstić information content (AvgIpc) is 2.29. The standard InChI is InChI=1S/C11H9BrN2OS/c1-16-11-13-9(6-10(15)14-11)7-2-4-8(12)5-3-7/h2-6H,1H3,(H,13,14,15). The van der Waals surface area contributed by atoms with E-state index in [-0.39, 0.29) is 5.56 Å². The molecule has 0 bridgehead atoms. The first-order valence-electron chi connectivity index (χ1n) is 4.60. The van der Waals surface area contributed by atoms with Crippen LogP contribution in [0.2, 0.25) is 0 Å². The topological polar surface area (TPSA) is 45.8 Å². The lowest BCUT2D eigenvalue weighted by atomic mass is 10.1. The van der Waals surface area contributed by atoms with Crippen LogP contribution in [0, 0.1) is 0 Å². The molecule has 3 nitrogen and oxygen atoms in total. The van der Waals surface area contributed by atoms with Gasteiger partial charge in [-0.3, -0.25) is 4.79 Å². The minimum absolute atomic E-state index is 0.128. The molecule has 0 radical (unpaired) electrons. The Bertz CT molecular complexity index is 551. The number of hydrogen-bond acceptors (Lipinski definition) is 3. The fourth-order valence-electron chi connectivity index (χ4n) is 1.30. The molecule has 2 aromatic rings. The summed E-state index contributed by atoms with van der Waals surface area (Å²) in [6, 6.07) is 9.21. The van der Waals surface area contributed by atoms with Crippen LogP contribution in [0.25, 0.3) is 11.3 Å². The maximum Gasteiger partial charge on any atom is 0.252 e. The number of hydrogen-bond donors (Lipinski definition) is 1. The largest absolute Gasteiger partial charge is 0.301 e. The highest BCUT2D eigenvalue weighted by Gasteiger charge is 2.03. The molecule has 0 spiro atoms. The van der Waals surface area contributed by atoms with Gasteiger partial charge < -0.3 is 4.98 Å². The van der Waals surface area contributed by atoms with Crippen molar-refractivity contribution in [3.05, 3.63) is 45.2 Å². The Hall–Kier alpha value is -1.07. The van der Waals surface area contributed by atoms with E-state index in [4.69, 9.17) is 0 Å².